The summed E-state index contributed by atoms with van der Waals surface area (Å²) in [5.74, 6) is 0.257. The monoisotopic (exact) mass is 324 g/mol. The van der Waals surface area contributed by atoms with Gasteiger partial charge in [-0.2, -0.15) is 5.26 Å². The highest BCUT2D eigenvalue weighted by Crippen LogP contribution is 2.19. The van der Waals surface area contributed by atoms with Crippen LogP contribution in [-0.4, -0.2) is 15.0 Å². The van der Waals surface area contributed by atoms with Gasteiger partial charge in [0.1, 0.15) is 6.07 Å². The van der Waals surface area contributed by atoms with Gasteiger partial charge in [0, 0.05) is 11.6 Å². The number of pyridine rings is 1. The molecule has 2 aromatic heterocycles. The lowest BCUT2D eigenvalue weighted by Gasteiger charge is -2.03. The first kappa shape index (κ1) is 14.8. The van der Waals surface area contributed by atoms with E-state index in [9.17, 15) is 10.1 Å². The molecule has 0 unspecified atom stereocenters. The third-order valence-corrected chi connectivity index (χ3v) is 3.93. The van der Waals surface area contributed by atoms with Crippen LogP contribution in [0.3, 0.4) is 0 Å². The number of nitrogens with zero attached hydrogens (tertiary/aromatic N) is 3. The average Bonchev–Trinajstić information content (AvgIpc) is 2.66. The van der Waals surface area contributed by atoms with Gasteiger partial charge in [0.25, 0.3) is 5.56 Å². The third kappa shape index (κ3) is 2.77. The second-order valence-electron chi connectivity index (χ2n) is 5.56. The Morgan fingerprint density at radius 1 is 1.08 bits per heavy atom. The molecule has 0 saturated carbocycles. The predicted molar refractivity (Wildman–Crippen MR) is 97.6 cm³/mol. The highest BCUT2D eigenvalue weighted by Gasteiger charge is 2.08. The lowest BCUT2D eigenvalue weighted by Crippen LogP contribution is -2.11. The molecule has 0 aliphatic rings. The fourth-order valence-electron chi connectivity index (χ4n) is 2.71. The maximum absolute atomic E-state index is 12.2. The van der Waals surface area contributed by atoms with E-state index < -0.39 is 0 Å². The molecule has 4 rings (SSSR count). The molecule has 1 N–H and O–H groups in total. The minimum absolute atomic E-state index is 0.257. The second-order valence-corrected chi connectivity index (χ2v) is 5.56. The number of fused-ring (bicyclic) bond motifs is 2. The van der Waals surface area contributed by atoms with E-state index in [4.69, 9.17) is 0 Å². The van der Waals surface area contributed by atoms with Gasteiger partial charge in [0.15, 0.2) is 5.82 Å². The smallest absolute Gasteiger partial charge is 0.259 e. The van der Waals surface area contributed by atoms with E-state index in [1.54, 1.807) is 30.5 Å². The van der Waals surface area contributed by atoms with E-state index in [2.05, 4.69) is 21.0 Å². The van der Waals surface area contributed by atoms with Crippen molar-refractivity contribution in [3.8, 4) is 6.07 Å². The van der Waals surface area contributed by atoms with Gasteiger partial charge in [0.2, 0.25) is 0 Å². The van der Waals surface area contributed by atoms with Gasteiger partial charge in [-0.05, 0) is 35.9 Å². The molecule has 0 aliphatic heterocycles. The molecule has 0 bridgehead atoms. The Balaban J connectivity index is 1.85. The van der Waals surface area contributed by atoms with Gasteiger partial charge in [-0.1, -0.05) is 30.3 Å². The lowest BCUT2D eigenvalue weighted by molar-refractivity contribution is 1.13. The number of para-hydroxylation sites is 1. The predicted octanol–water partition coefficient (Wildman–Crippen LogP) is 3.54. The van der Waals surface area contributed by atoms with E-state index in [0.29, 0.717) is 10.9 Å². The highest BCUT2D eigenvalue weighted by molar-refractivity contribution is 5.91. The molecule has 0 radical (unpaired) electrons. The molecule has 25 heavy (non-hydrogen) atoms. The van der Waals surface area contributed by atoms with Crippen molar-refractivity contribution >= 4 is 33.5 Å². The van der Waals surface area contributed by atoms with E-state index in [-0.39, 0.29) is 17.0 Å². The van der Waals surface area contributed by atoms with Crippen LogP contribution in [0.1, 0.15) is 11.4 Å². The van der Waals surface area contributed by atoms with Crippen molar-refractivity contribution in [2.45, 2.75) is 0 Å². The van der Waals surface area contributed by atoms with Crippen LogP contribution in [-0.2, 0) is 0 Å². The Hall–Kier alpha value is -3.78. The van der Waals surface area contributed by atoms with Gasteiger partial charge >= 0.3 is 0 Å². The Bertz CT molecular complexity index is 1230. The minimum atomic E-state index is -0.262. The van der Waals surface area contributed by atoms with Crippen LogP contribution in [0.5, 0.6) is 0 Å². The Morgan fingerprint density at radius 2 is 1.96 bits per heavy atom. The Kier molecular flexibility index (Phi) is 3.56. The zero-order chi connectivity index (χ0) is 17.2. The van der Waals surface area contributed by atoms with Crippen LogP contribution in [0.15, 0.2) is 65.6 Å². The summed E-state index contributed by atoms with van der Waals surface area (Å²) in [7, 11) is 0. The van der Waals surface area contributed by atoms with Crippen LogP contribution < -0.4 is 5.56 Å². The first-order valence-corrected chi connectivity index (χ1v) is 7.70. The van der Waals surface area contributed by atoms with Crippen molar-refractivity contribution < 1.29 is 0 Å². The van der Waals surface area contributed by atoms with E-state index >= 15 is 0 Å². The van der Waals surface area contributed by atoms with Gasteiger partial charge in [-0.15, -0.1) is 0 Å². The van der Waals surface area contributed by atoms with Crippen molar-refractivity contribution in [1.29, 1.82) is 5.26 Å². The van der Waals surface area contributed by atoms with Crippen molar-refractivity contribution in [3.63, 3.8) is 0 Å². The molecule has 118 valence electrons. The summed E-state index contributed by atoms with van der Waals surface area (Å²) in [6.07, 6.45) is 3.42. The number of aromatic amines is 1. The lowest BCUT2D eigenvalue weighted by atomic mass is 10.1. The first-order chi connectivity index (χ1) is 12.2. The number of hydrogen-bond acceptors (Lipinski definition) is 4. The summed E-state index contributed by atoms with van der Waals surface area (Å²) in [6, 6.07) is 18.8. The Labute approximate surface area is 142 Å². The number of hydrogen-bond donors (Lipinski definition) is 1. The molecule has 5 nitrogen and oxygen atoms in total. The second kappa shape index (κ2) is 6.02. The normalized spacial score (nSPS) is 11.6. The number of allylic oxidation sites excluding steroid dienone is 1. The fraction of sp³-hybridized carbons (Fsp3) is 0. The van der Waals surface area contributed by atoms with Crippen LogP contribution in [0.2, 0.25) is 0 Å². The number of benzene rings is 2. The van der Waals surface area contributed by atoms with Crippen molar-refractivity contribution in [3.05, 3.63) is 82.5 Å². The molecule has 0 spiro atoms. The van der Waals surface area contributed by atoms with Gasteiger partial charge < -0.3 is 4.98 Å². The topological polar surface area (TPSA) is 82.4 Å². The van der Waals surface area contributed by atoms with Crippen molar-refractivity contribution in [1.82, 2.24) is 15.0 Å². The molecule has 0 aliphatic carbocycles. The van der Waals surface area contributed by atoms with Gasteiger partial charge in [0.05, 0.1) is 22.0 Å². The number of H-pyrrole nitrogens is 1. The zero-order valence-electron chi connectivity index (χ0n) is 13.1. The van der Waals surface area contributed by atoms with Crippen molar-refractivity contribution in [2.75, 3.05) is 0 Å². The van der Waals surface area contributed by atoms with Crippen LogP contribution in [0, 0.1) is 11.3 Å². The summed E-state index contributed by atoms with van der Waals surface area (Å²) in [6.45, 7) is 0. The van der Waals surface area contributed by atoms with Crippen LogP contribution in [0.25, 0.3) is 33.5 Å². The van der Waals surface area contributed by atoms with Crippen LogP contribution >= 0.6 is 0 Å². The fourth-order valence-corrected chi connectivity index (χ4v) is 2.71. The first-order valence-electron chi connectivity index (χ1n) is 7.70. The number of nitriles is 1. The summed E-state index contributed by atoms with van der Waals surface area (Å²) in [5, 5.41) is 11.0. The van der Waals surface area contributed by atoms with E-state index in [1.807, 2.05) is 36.4 Å². The largest absolute Gasteiger partial charge is 0.305 e. The molecular formula is C20H12N4O. The summed E-state index contributed by atoms with van der Waals surface area (Å²) >= 11 is 0. The maximum atomic E-state index is 12.2. The van der Waals surface area contributed by atoms with E-state index in [1.165, 1.54) is 0 Å². The average molecular weight is 324 g/mol. The zero-order valence-corrected chi connectivity index (χ0v) is 13.1. The number of rotatable bonds is 2. The molecule has 0 amide bonds. The van der Waals surface area contributed by atoms with Crippen molar-refractivity contribution in [2.24, 2.45) is 0 Å². The van der Waals surface area contributed by atoms with Gasteiger partial charge in [-0.25, -0.2) is 4.98 Å². The molecule has 0 atom stereocenters. The summed E-state index contributed by atoms with van der Waals surface area (Å²) in [4.78, 5) is 23.6. The molecule has 0 fully saturated rings. The maximum Gasteiger partial charge on any atom is 0.259 e. The summed E-state index contributed by atoms with van der Waals surface area (Å²) in [5.41, 5.74) is 2.25. The quantitative estimate of drug-likeness (QED) is 0.572. The molecular weight excluding hydrogens is 312 g/mol. The highest BCUT2D eigenvalue weighted by atomic mass is 16.1. The minimum Gasteiger partial charge on any atom is -0.305 e. The van der Waals surface area contributed by atoms with E-state index in [0.717, 1.165) is 16.5 Å². The number of nitrogens with one attached hydrogen (secondary N) is 1. The summed E-state index contributed by atoms with van der Waals surface area (Å²) < 4.78 is 0. The van der Waals surface area contributed by atoms with Crippen LogP contribution in [0.4, 0.5) is 0 Å². The molecule has 2 heterocycles. The Morgan fingerprint density at radius 3 is 2.84 bits per heavy atom. The standard InChI is InChI=1S/C20H12N4O/c21-12-15(10-13-7-8-14-4-3-9-22-18(14)11-13)19-23-17-6-2-1-5-16(17)20(25)24-19/h1-11H,(H,23,24,25)/b15-10+. The third-order valence-electron chi connectivity index (χ3n) is 3.93. The molecule has 0 saturated heterocycles. The molecule has 2 aromatic carbocycles. The van der Waals surface area contributed by atoms with Gasteiger partial charge in [-0.3, -0.25) is 9.78 Å². The SMILES string of the molecule is N#C/C(=C\c1ccc2cccnc2c1)c1nc2ccccc2c(=O)[nH]1. The molecule has 5 heteroatoms. The number of aromatic nitrogens is 3. The molecule has 4 aromatic rings.